The Morgan fingerprint density at radius 1 is 1.06 bits per heavy atom. The average molecular weight is 246 g/mol. The molecule has 0 N–H and O–H groups in total. The van der Waals surface area contributed by atoms with Crippen LogP contribution in [0.1, 0.15) is 64.5 Å². The Kier molecular flexibility index (Phi) is 5.91. The summed E-state index contributed by atoms with van der Waals surface area (Å²) < 4.78 is 0. The normalized spacial score (nSPS) is 16.6. The highest BCUT2D eigenvalue weighted by Crippen LogP contribution is 2.35. The van der Waals surface area contributed by atoms with Crippen molar-refractivity contribution in [2.24, 2.45) is 17.8 Å². The maximum Gasteiger partial charge on any atom is -0.0159 e. The molecular formula is C18H30. The van der Waals surface area contributed by atoms with Gasteiger partial charge < -0.3 is 0 Å². The molecule has 0 aromatic heterocycles. The van der Waals surface area contributed by atoms with Crippen molar-refractivity contribution in [1.29, 1.82) is 0 Å². The molecule has 0 heterocycles. The second kappa shape index (κ2) is 6.97. The fourth-order valence-corrected chi connectivity index (χ4v) is 3.37. The molecule has 0 heteroatoms. The molecule has 1 aromatic rings. The lowest BCUT2D eigenvalue weighted by Gasteiger charge is -2.30. The maximum atomic E-state index is 2.43. The zero-order valence-electron chi connectivity index (χ0n) is 13.0. The second-order valence-corrected chi connectivity index (χ2v) is 6.38. The Hall–Kier alpha value is -0.780. The molecule has 0 amide bonds. The molecule has 102 valence electrons. The molecule has 1 unspecified atom stereocenters. The van der Waals surface area contributed by atoms with Gasteiger partial charge in [0.25, 0.3) is 0 Å². The van der Waals surface area contributed by atoms with E-state index >= 15 is 0 Å². The molecule has 0 nitrogen and oxygen atoms in total. The van der Waals surface area contributed by atoms with Crippen LogP contribution in [0.3, 0.4) is 0 Å². The fourth-order valence-electron chi connectivity index (χ4n) is 3.37. The van der Waals surface area contributed by atoms with Gasteiger partial charge in [0.2, 0.25) is 0 Å². The summed E-state index contributed by atoms with van der Waals surface area (Å²) in [7, 11) is 0. The van der Waals surface area contributed by atoms with Gasteiger partial charge in [-0.1, -0.05) is 70.9 Å². The van der Waals surface area contributed by atoms with Crippen LogP contribution in [0.25, 0.3) is 0 Å². The molecule has 1 rings (SSSR count). The Morgan fingerprint density at radius 2 is 1.72 bits per heavy atom. The van der Waals surface area contributed by atoms with Crippen molar-refractivity contribution in [3.05, 3.63) is 35.4 Å². The van der Waals surface area contributed by atoms with Crippen LogP contribution in [-0.4, -0.2) is 0 Å². The van der Waals surface area contributed by atoms with Crippen LogP contribution in [0, 0.1) is 24.7 Å². The van der Waals surface area contributed by atoms with Gasteiger partial charge in [-0.15, -0.1) is 0 Å². The number of rotatable bonds is 6. The van der Waals surface area contributed by atoms with E-state index in [-0.39, 0.29) is 0 Å². The lowest BCUT2D eigenvalue weighted by atomic mass is 9.75. The SMILES string of the molecule is CCC([C@H](C)CC(C)C)[C@H](C)c1cccc(C)c1. The van der Waals surface area contributed by atoms with Gasteiger partial charge in [-0.3, -0.25) is 0 Å². The Balaban J connectivity index is 2.81. The summed E-state index contributed by atoms with van der Waals surface area (Å²) in [5.41, 5.74) is 2.89. The van der Waals surface area contributed by atoms with E-state index in [4.69, 9.17) is 0 Å². The zero-order chi connectivity index (χ0) is 13.7. The molecule has 18 heavy (non-hydrogen) atoms. The van der Waals surface area contributed by atoms with Gasteiger partial charge in [-0.2, -0.15) is 0 Å². The summed E-state index contributed by atoms with van der Waals surface area (Å²) in [6.45, 7) is 14.0. The third-order valence-corrected chi connectivity index (χ3v) is 4.26. The van der Waals surface area contributed by atoms with Gasteiger partial charge >= 0.3 is 0 Å². The highest BCUT2D eigenvalue weighted by molar-refractivity contribution is 5.25. The van der Waals surface area contributed by atoms with Crippen LogP contribution in [0.4, 0.5) is 0 Å². The second-order valence-electron chi connectivity index (χ2n) is 6.38. The Labute approximate surface area is 114 Å². The van der Waals surface area contributed by atoms with Crippen LogP contribution >= 0.6 is 0 Å². The van der Waals surface area contributed by atoms with E-state index in [0.29, 0.717) is 5.92 Å². The van der Waals surface area contributed by atoms with Crippen molar-refractivity contribution < 1.29 is 0 Å². The van der Waals surface area contributed by atoms with Crippen LogP contribution in [0.2, 0.25) is 0 Å². The highest BCUT2D eigenvalue weighted by atomic mass is 14.3. The quantitative estimate of drug-likeness (QED) is 0.594. The average Bonchev–Trinajstić information content (AvgIpc) is 2.28. The largest absolute Gasteiger partial charge is 0.0651 e. The maximum absolute atomic E-state index is 2.43. The molecule has 1 aromatic carbocycles. The highest BCUT2D eigenvalue weighted by Gasteiger charge is 2.23. The Bertz CT molecular complexity index is 351. The van der Waals surface area contributed by atoms with Crippen LogP contribution in [0.15, 0.2) is 24.3 Å². The third-order valence-electron chi connectivity index (χ3n) is 4.26. The summed E-state index contributed by atoms with van der Waals surface area (Å²) in [5, 5.41) is 0. The first-order valence-electron chi connectivity index (χ1n) is 7.52. The molecule has 0 aliphatic heterocycles. The van der Waals surface area contributed by atoms with E-state index in [2.05, 4.69) is 65.8 Å². The molecule has 0 saturated heterocycles. The summed E-state index contributed by atoms with van der Waals surface area (Å²) in [6.07, 6.45) is 2.62. The zero-order valence-corrected chi connectivity index (χ0v) is 13.0. The molecule has 0 aliphatic rings. The van der Waals surface area contributed by atoms with Crippen molar-refractivity contribution in [3.8, 4) is 0 Å². The van der Waals surface area contributed by atoms with Gasteiger partial charge in [0.05, 0.1) is 0 Å². The number of benzene rings is 1. The van der Waals surface area contributed by atoms with Crippen molar-refractivity contribution in [1.82, 2.24) is 0 Å². The number of hydrogen-bond acceptors (Lipinski definition) is 0. The smallest absolute Gasteiger partial charge is 0.0159 e. The van der Waals surface area contributed by atoms with Crippen LogP contribution in [0.5, 0.6) is 0 Å². The lowest BCUT2D eigenvalue weighted by molar-refractivity contribution is 0.261. The van der Waals surface area contributed by atoms with Crippen LogP contribution in [-0.2, 0) is 0 Å². The van der Waals surface area contributed by atoms with Gasteiger partial charge in [-0.25, -0.2) is 0 Å². The number of aryl methyl sites for hydroxylation is 1. The monoisotopic (exact) mass is 246 g/mol. The molecule has 0 spiro atoms. The molecule has 0 aliphatic carbocycles. The molecule has 0 radical (unpaired) electrons. The summed E-state index contributed by atoms with van der Waals surface area (Å²) in [5.74, 6) is 3.09. The first-order chi connectivity index (χ1) is 8.45. The van der Waals surface area contributed by atoms with E-state index in [1.54, 1.807) is 0 Å². The minimum Gasteiger partial charge on any atom is -0.0651 e. The van der Waals surface area contributed by atoms with E-state index < -0.39 is 0 Å². The van der Waals surface area contributed by atoms with Gasteiger partial charge in [0.1, 0.15) is 0 Å². The van der Waals surface area contributed by atoms with E-state index in [0.717, 1.165) is 17.8 Å². The third kappa shape index (κ3) is 4.15. The fraction of sp³-hybridized carbons (Fsp3) is 0.667. The van der Waals surface area contributed by atoms with Crippen LogP contribution < -0.4 is 0 Å². The van der Waals surface area contributed by atoms with E-state index in [1.807, 2.05) is 0 Å². The first-order valence-corrected chi connectivity index (χ1v) is 7.52. The standard InChI is InChI=1S/C18H30/c1-7-18(15(5)11-13(2)3)16(6)17-10-8-9-14(4)12-17/h8-10,12-13,15-16,18H,7,11H2,1-6H3/t15-,16-,18?/m1/s1. The Morgan fingerprint density at radius 3 is 2.22 bits per heavy atom. The van der Waals surface area contributed by atoms with Crippen molar-refractivity contribution in [3.63, 3.8) is 0 Å². The van der Waals surface area contributed by atoms with Gasteiger partial charge in [0.15, 0.2) is 0 Å². The number of hydrogen-bond donors (Lipinski definition) is 0. The first kappa shape index (κ1) is 15.3. The van der Waals surface area contributed by atoms with Crippen molar-refractivity contribution in [2.75, 3.05) is 0 Å². The lowest BCUT2D eigenvalue weighted by Crippen LogP contribution is -2.19. The minimum absolute atomic E-state index is 0.670. The van der Waals surface area contributed by atoms with E-state index in [9.17, 15) is 0 Å². The molecule has 3 atom stereocenters. The predicted octanol–water partition coefficient (Wildman–Crippen LogP) is 5.81. The molecule has 0 saturated carbocycles. The predicted molar refractivity (Wildman–Crippen MR) is 82.0 cm³/mol. The summed E-state index contributed by atoms with van der Waals surface area (Å²) >= 11 is 0. The molecule has 0 fully saturated rings. The topological polar surface area (TPSA) is 0 Å². The van der Waals surface area contributed by atoms with Crippen molar-refractivity contribution >= 4 is 0 Å². The van der Waals surface area contributed by atoms with Gasteiger partial charge in [-0.05, 0) is 42.6 Å². The summed E-state index contributed by atoms with van der Waals surface area (Å²) in [4.78, 5) is 0. The minimum atomic E-state index is 0.670. The van der Waals surface area contributed by atoms with E-state index in [1.165, 1.54) is 24.0 Å². The molecular weight excluding hydrogens is 216 g/mol. The van der Waals surface area contributed by atoms with Crippen molar-refractivity contribution in [2.45, 2.75) is 60.3 Å². The summed E-state index contributed by atoms with van der Waals surface area (Å²) in [6, 6.07) is 9.04. The van der Waals surface area contributed by atoms with Gasteiger partial charge in [0, 0.05) is 0 Å². The molecule has 0 bridgehead atoms.